The molecule has 0 spiro atoms. The maximum Gasteiger partial charge on any atom is 0.469 e. The van der Waals surface area contributed by atoms with Gasteiger partial charge in [-0.15, -0.1) is 0 Å². The molecule has 0 saturated heterocycles. The molecule has 0 aromatic heterocycles. The molecule has 0 amide bonds. The Kier molecular flexibility index (Phi) is 35.5. The molecule has 0 aliphatic rings. The van der Waals surface area contributed by atoms with Crippen LogP contribution in [0.25, 0.3) is 0 Å². The number of carbonyl (C=O) groups is 2. The highest BCUT2D eigenvalue weighted by Crippen LogP contribution is 2.36. The number of aliphatic hydroxyl groups excluding tert-OH is 2. The summed E-state index contributed by atoms with van der Waals surface area (Å²) in [6.45, 7) is 3.34. The van der Waals surface area contributed by atoms with E-state index in [0.717, 1.165) is 25.7 Å². The molecule has 0 bridgehead atoms. The largest absolute Gasteiger partial charge is 0.469 e. The van der Waals surface area contributed by atoms with Gasteiger partial charge in [-0.1, -0.05) is 177 Å². The molecule has 10 nitrogen and oxygen atoms in total. The topological polar surface area (TPSA) is 160 Å². The van der Waals surface area contributed by atoms with Crippen molar-refractivity contribution in [3.8, 4) is 0 Å². The molecule has 0 aromatic rings. The van der Waals surface area contributed by atoms with Crippen LogP contribution < -0.4 is 0 Å². The molecule has 54 heavy (non-hydrogen) atoms. The number of carbonyl (C=O) groups excluding carboxylic acids is 2. The zero-order chi connectivity index (χ0) is 40.0. The summed E-state index contributed by atoms with van der Waals surface area (Å²) in [5.41, 5.74) is 0. The number of ether oxygens (including phenoxy) is 2. The first-order chi connectivity index (χ1) is 26.1. The Morgan fingerprint density at radius 3 is 1.61 bits per heavy atom. The fourth-order valence-electron chi connectivity index (χ4n) is 5.34. The van der Waals surface area contributed by atoms with E-state index in [1.165, 1.54) is 70.6 Å². The number of esters is 2. The molecule has 11 heteroatoms. The van der Waals surface area contributed by atoms with Gasteiger partial charge in [0.25, 0.3) is 0 Å². The predicted molar refractivity (Wildman–Crippen MR) is 219 cm³/mol. The second-order valence-electron chi connectivity index (χ2n) is 13.6. The predicted octanol–water partition coefficient (Wildman–Crippen LogP) is 10.2. The quantitative estimate of drug-likeness (QED) is 0.0158. The molecule has 0 saturated carbocycles. The first kappa shape index (κ1) is 51.4. The molecular formula is C43H73O10P. The number of aliphatic hydroxyl groups is 2. The van der Waals surface area contributed by atoms with Crippen LogP contribution in [-0.4, -0.2) is 63.5 Å². The maximum atomic E-state index is 12.4. The number of rotatable bonds is 36. The van der Waals surface area contributed by atoms with Gasteiger partial charge in [-0.05, 0) is 38.5 Å². The molecule has 4 N–H and O–H groups in total. The van der Waals surface area contributed by atoms with Crippen LogP contribution in [0.15, 0.2) is 72.9 Å². The van der Waals surface area contributed by atoms with Crippen molar-refractivity contribution in [3.05, 3.63) is 72.9 Å². The number of allylic oxidation sites excluding steroid dienone is 8. The lowest BCUT2D eigenvalue weighted by Gasteiger charge is -2.18. The smallest absolute Gasteiger partial charge is 0.462 e. The monoisotopic (exact) mass is 780 g/mol. The minimum absolute atomic E-state index is 0.0285. The molecule has 0 aliphatic carbocycles. The fourth-order valence-corrected chi connectivity index (χ4v) is 5.70. The first-order valence-corrected chi connectivity index (χ1v) is 22.0. The molecule has 0 rings (SSSR count). The van der Waals surface area contributed by atoms with E-state index in [4.69, 9.17) is 19.3 Å². The van der Waals surface area contributed by atoms with Gasteiger partial charge in [-0.3, -0.25) is 14.1 Å². The molecule has 0 aliphatic heterocycles. The Labute approximate surface area is 326 Å². The molecule has 3 atom stereocenters. The van der Waals surface area contributed by atoms with Crippen molar-refractivity contribution < 1.29 is 48.2 Å². The third-order valence-corrected chi connectivity index (χ3v) is 8.90. The van der Waals surface area contributed by atoms with E-state index in [1.54, 1.807) is 36.5 Å². The molecule has 0 aromatic carbocycles. The number of phosphoric ester groups is 1. The summed E-state index contributed by atoms with van der Waals surface area (Å²) in [6.07, 6.45) is 41.3. The van der Waals surface area contributed by atoms with Crippen molar-refractivity contribution in [2.24, 2.45) is 0 Å². The first-order valence-electron chi connectivity index (χ1n) is 20.4. The third-order valence-electron chi connectivity index (χ3n) is 8.42. The maximum absolute atomic E-state index is 12.4. The van der Waals surface area contributed by atoms with Crippen LogP contribution in [0.3, 0.4) is 0 Å². The van der Waals surface area contributed by atoms with Crippen molar-refractivity contribution in [1.29, 1.82) is 0 Å². The van der Waals surface area contributed by atoms with Gasteiger partial charge in [0.15, 0.2) is 6.10 Å². The fraction of sp³-hybridized carbons (Fsp3) is 0.674. The van der Waals surface area contributed by atoms with Crippen LogP contribution in [0.5, 0.6) is 0 Å². The van der Waals surface area contributed by atoms with Gasteiger partial charge < -0.3 is 29.5 Å². The summed E-state index contributed by atoms with van der Waals surface area (Å²) < 4.78 is 26.2. The van der Waals surface area contributed by atoms with Crippen LogP contribution in [0.4, 0.5) is 0 Å². The highest BCUT2D eigenvalue weighted by Gasteiger charge is 2.22. The second kappa shape index (κ2) is 37.3. The Hall–Kier alpha value is -2.59. The number of phosphoric acid groups is 1. The summed E-state index contributed by atoms with van der Waals surface area (Å²) in [5, 5.41) is 19.9. The normalized spacial score (nSPS) is 14.4. The molecule has 0 heterocycles. The highest BCUT2D eigenvalue weighted by atomic mass is 31.2. The number of unbranched alkanes of at least 4 members (excludes halogenated alkanes) is 14. The van der Waals surface area contributed by atoms with Gasteiger partial charge in [0.1, 0.15) is 6.61 Å². The lowest BCUT2D eigenvalue weighted by molar-refractivity contribution is -0.161. The molecule has 0 unspecified atom stereocenters. The minimum atomic E-state index is -4.80. The molecule has 0 radical (unpaired) electrons. The van der Waals surface area contributed by atoms with Crippen molar-refractivity contribution in [2.75, 3.05) is 13.2 Å². The summed E-state index contributed by atoms with van der Waals surface area (Å²) in [5.74, 6) is -1.05. The van der Waals surface area contributed by atoms with Crippen molar-refractivity contribution in [1.82, 2.24) is 0 Å². The Morgan fingerprint density at radius 1 is 0.593 bits per heavy atom. The van der Waals surface area contributed by atoms with Crippen LogP contribution in [-0.2, 0) is 28.2 Å². The van der Waals surface area contributed by atoms with Gasteiger partial charge >= 0.3 is 19.8 Å². The van der Waals surface area contributed by atoms with E-state index in [9.17, 15) is 24.4 Å². The van der Waals surface area contributed by atoms with Crippen molar-refractivity contribution in [3.63, 3.8) is 0 Å². The van der Waals surface area contributed by atoms with Gasteiger partial charge in [-0.25, -0.2) is 4.57 Å². The van der Waals surface area contributed by atoms with E-state index < -0.39 is 44.7 Å². The van der Waals surface area contributed by atoms with E-state index >= 15 is 0 Å². The molecular weight excluding hydrogens is 707 g/mol. The molecule has 310 valence electrons. The summed E-state index contributed by atoms with van der Waals surface area (Å²) in [4.78, 5) is 42.8. The van der Waals surface area contributed by atoms with Gasteiger partial charge in [-0.2, -0.15) is 0 Å². The SMILES string of the molecule is CC/C=C\C[C@H](O)/C=C/C=C\C=C\[C@H](O)C/C=C\C/C=C\CCC(=O)O[C@H](COC(=O)CCCCCCCCCCCCCCCCC)COP(=O)(O)O. The zero-order valence-electron chi connectivity index (χ0n) is 33.3. The zero-order valence-corrected chi connectivity index (χ0v) is 34.2. The summed E-state index contributed by atoms with van der Waals surface area (Å²) >= 11 is 0. The van der Waals surface area contributed by atoms with Crippen LogP contribution in [0.2, 0.25) is 0 Å². The van der Waals surface area contributed by atoms with Crippen LogP contribution in [0.1, 0.15) is 155 Å². The van der Waals surface area contributed by atoms with Crippen molar-refractivity contribution >= 4 is 19.8 Å². The lowest BCUT2D eigenvalue weighted by Crippen LogP contribution is -2.29. The van der Waals surface area contributed by atoms with Crippen LogP contribution >= 0.6 is 7.82 Å². The van der Waals surface area contributed by atoms with Crippen molar-refractivity contribution in [2.45, 2.75) is 173 Å². The Bertz CT molecular complexity index is 1140. The summed E-state index contributed by atoms with van der Waals surface area (Å²) in [6, 6.07) is 0. The Balaban J connectivity index is 4.20. The number of hydrogen-bond acceptors (Lipinski definition) is 8. The number of hydrogen-bond donors (Lipinski definition) is 4. The standard InChI is InChI=1S/C43H73O10P/c1-3-5-7-8-9-10-11-12-13-14-15-16-17-21-29-35-42(46)51-37-41(38-52-54(48,49)50)53-43(47)36-30-22-19-18-20-26-32-40(45)34-28-24-23-27-33-39(44)31-25-6-4-2/h6,19-20,22-28,33-34,39-41,44-45H,3-5,7-18,21,29-32,35-38H2,1-2H3,(H2,48,49,50)/b22-19-,24-23-,25-6-,26-20-,33-27+,34-28+/t39-,40+,41+/m0/s1. The van der Waals surface area contributed by atoms with Gasteiger partial charge in [0.2, 0.25) is 0 Å². The average Bonchev–Trinajstić information content (AvgIpc) is 3.13. The van der Waals surface area contributed by atoms with Gasteiger partial charge in [0.05, 0.1) is 18.8 Å². The third kappa shape index (κ3) is 39.1. The second-order valence-corrected chi connectivity index (χ2v) is 14.9. The highest BCUT2D eigenvalue weighted by molar-refractivity contribution is 7.46. The van der Waals surface area contributed by atoms with E-state index in [-0.39, 0.29) is 19.4 Å². The lowest BCUT2D eigenvalue weighted by atomic mass is 10.0. The Morgan fingerprint density at radius 2 is 1.09 bits per heavy atom. The molecule has 0 fully saturated rings. The van der Waals surface area contributed by atoms with E-state index in [2.05, 4.69) is 11.4 Å². The van der Waals surface area contributed by atoms with E-state index in [1.807, 2.05) is 43.4 Å². The van der Waals surface area contributed by atoms with Gasteiger partial charge in [0, 0.05) is 12.8 Å². The summed E-state index contributed by atoms with van der Waals surface area (Å²) in [7, 11) is -4.80. The van der Waals surface area contributed by atoms with Crippen LogP contribution in [0, 0.1) is 0 Å². The minimum Gasteiger partial charge on any atom is -0.462 e. The average molecular weight is 781 g/mol. The van der Waals surface area contributed by atoms with E-state index in [0.29, 0.717) is 32.1 Å².